The van der Waals surface area contributed by atoms with Gasteiger partial charge in [0.15, 0.2) is 0 Å². The Kier molecular flexibility index (Phi) is 4.16. The summed E-state index contributed by atoms with van der Waals surface area (Å²) >= 11 is 3.78. The van der Waals surface area contributed by atoms with Crippen LogP contribution < -0.4 is 4.74 Å². The first-order chi connectivity index (χ1) is 7.83. The van der Waals surface area contributed by atoms with Crippen LogP contribution in [0.25, 0.3) is 0 Å². The van der Waals surface area contributed by atoms with Crippen molar-refractivity contribution in [1.82, 2.24) is 9.97 Å². The lowest BCUT2D eigenvalue weighted by Crippen LogP contribution is -2.14. The Morgan fingerprint density at radius 2 is 1.94 bits per heavy atom. The standard InChI is InChI=1S/C12H17BrN2O/c1-16-12-11(14-7-8-15-12)9-5-3-2-4-6-10(9)13/h7-10H,2-6H2,1H3. The summed E-state index contributed by atoms with van der Waals surface area (Å²) in [5.41, 5.74) is 1.01. The van der Waals surface area contributed by atoms with Crippen molar-refractivity contribution in [2.45, 2.75) is 42.8 Å². The van der Waals surface area contributed by atoms with E-state index in [4.69, 9.17) is 4.74 Å². The Morgan fingerprint density at radius 3 is 2.75 bits per heavy atom. The van der Waals surface area contributed by atoms with E-state index in [-0.39, 0.29) is 0 Å². The zero-order valence-electron chi connectivity index (χ0n) is 9.53. The van der Waals surface area contributed by atoms with E-state index >= 15 is 0 Å². The van der Waals surface area contributed by atoms with Crippen LogP contribution in [0, 0.1) is 0 Å². The average Bonchev–Trinajstić information content (AvgIpc) is 2.54. The zero-order chi connectivity index (χ0) is 11.4. The number of hydrogen-bond donors (Lipinski definition) is 0. The summed E-state index contributed by atoms with van der Waals surface area (Å²) in [6, 6.07) is 0. The summed E-state index contributed by atoms with van der Waals surface area (Å²) in [5.74, 6) is 1.12. The largest absolute Gasteiger partial charge is 0.480 e. The van der Waals surface area contributed by atoms with E-state index < -0.39 is 0 Å². The quantitative estimate of drug-likeness (QED) is 0.617. The summed E-state index contributed by atoms with van der Waals surface area (Å²) in [6.07, 6.45) is 9.71. The van der Waals surface area contributed by atoms with E-state index in [2.05, 4.69) is 25.9 Å². The molecule has 0 saturated heterocycles. The van der Waals surface area contributed by atoms with Crippen LogP contribution in [0.15, 0.2) is 12.4 Å². The molecule has 0 N–H and O–H groups in total. The molecule has 1 aliphatic rings. The Morgan fingerprint density at radius 1 is 1.19 bits per heavy atom. The van der Waals surface area contributed by atoms with Crippen molar-refractivity contribution in [2.24, 2.45) is 0 Å². The molecule has 0 amide bonds. The molecule has 0 bridgehead atoms. The maximum absolute atomic E-state index is 5.29. The molecular formula is C12H17BrN2O. The van der Waals surface area contributed by atoms with Crippen LogP contribution in [0.3, 0.4) is 0 Å². The third-order valence-corrected chi connectivity index (χ3v) is 4.26. The molecule has 0 spiro atoms. The van der Waals surface area contributed by atoms with Gasteiger partial charge in [0.05, 0.1) is 7.11 Å². The van der Waals surface area contributed by atoms with Crippen molar-refractivity contribution in [3.8, 4) is 5.88 Å². The van der Waals surface area contributed by atoms with Crippen molar-refractivity contribution < 1.29 is 4.74 Å². The van der Waals surface area contributed by atoms with Crippen LogP contribution in [-0.4, -0.2) is 21.9 Å². The highest BCUT2D eigenvalue weighted by Crippen LogP contribution is 2.38. The highest BCUT2D eigenvalue weighted by molar-refractivity contribution is 9.09. The number of rotatable bonds is 2. The summed E-state index contributed by atoms with van der Waals surface area (Å²) in [4.78, 5) is 9.18. The van der Waals surface area contributed by atoms with Crippen molar-refractivity contribution in [3.05, 3.63) is 18.1 Å². The number of hydrogen-bond acceptors (Lipinski definition) is 3. The topological polar surface area (TPSA) is 35.0 Å². The second-order valence-electron chi connectivity index (χ2n) is 4.21. The first kappa shape index (κ1) is 11.8. The molecule has 1 aliphatic carbocycles. The molecule has 1 aromatic heterocycles. The Labute approximate surface area is 105 Å². The van der Waals surface area contributed by atoms with Crippen LogP contribution in [-0.2, 0) is 0 Å². The van der Waals surface area contributed by atoms with Gasteiger partial charge in [-0.05, 0) is 12.8 Å². The van der Waals surface area contributed by atoms with Crippen LogP contribution in [0.4, 0.5) is 0 Å². The fraction of sp³-hybridized carbons (Fsp3) is 0.667. The molecule has 88 valence electrons. The first-order valence-corrected chi connectivity index (χ1v) is 6.73. The molecule has 16 heavy (non-hydrogen) atoms. The van der Waals surface area contributed by atoms with Gasteiger partial charge in [0.25, 0.3) is 0 Å². The van der Waals surface area contributed by atoms with Gasteiger partial charge in [0, 0.05) is 23.1 Å². The Hall–Kier alpha value is -0.640. The minimum atomic E-state index is 0.436. The number of halogens is 1. The molecule has 1 saturated carbocycles. The molecule has 3 nitrogen and oxygen atoms in total. The van der Waals surface area contributed by atoms with Gasteiger partial charge >= 0.3 is 0 Å². The number of aromatic nitrogens is 2. The number of ether oxygens (including phenoxy) is 1. The van der Waals surface area contributed by atoms with Gasteiger partial charge in [-0.2, -0.15) is 0 Å². The van der Waals surface area contributed by atoms with Crippen molar-refractivity contribution >= 4 is 15.9 Å². The smallest absolute Gasteiger partial charge is 0.235 e. The van der Waals surface area contributed by atoms with E-state index in [1.54, 1.807) is 19.5 Å². The maximum atomic E-state index is 5.29. The number of alkyl halides is 1. The molecule has 0 aliphatic heterocycles. The molecule has 4 heteroatoms. The van der Waals surface area contributed by atoms with Crippen molar-refractivity contribution in [3.63, 3.8) is 0 Å². The molecule has 1 heterocycles. The van der Waals surface area contributed by atoms with Gasteiger partial charge in [-0.1, -0.05) is 35.2 Å². The molecule has 0 radical (unpaired) electrons. The van der Waals surface area contributed by atoms with Crippen molar-refractivity contribution in [2.75, 3.05) is 7.11 Å². The van der Waals surface area contributed by atoms with Gasteiger partial charge in [-0.15, -0.1) is 0 Å². The highest BCUT2D eigenvalue weighted by atomic mass is 79.9. The minimum absolute atomic E-state index is 0.436. The summed E-state index contributed by atoms with van der Waals surface area (Å²) in [5, 5.41) is 0. The average molecular weight is 285 g/mol. The monoisotopic (exact) mass is 284 g/mol. The molecule has 0 aromatic carbocycles. The molecule has 2 rings (SSSR count). The van der Waals surface area contributed by atoms with Crippen molar-refractivity contribution in [1.29, 1.82) is 0 Å². The first-order valence-electron chi connectivity index (χ1n) is 5.82. The summed E-state index contributed by atoms with van der Waals surface area (Å²) in [6.45, 7) is 0. The van der Waals surface area contributed by atoms with Gasteiger partial charge in [-0.3, -0.25) is 4.98 Å². The van der Waals surface area contributed by atoms with Gasteiger partial charge in [-0.25, -0.2) is 4.98 Å². The fourth-order valence-electron chi connectivity index (χ4n) is 2.32. The Bertz CT molecular complexity index is 346. The van der Waals surface area contributed by atoms with Crippen LogP contribution in [0.2, 0.25) is 0 Å². The lowest BCUT2D eigenvalue weighted by atomic mass is 9.96. The minimum Gasteiger partial charge on any atom is -0.480 e. The zero-order valence-corrected chi connectivity index (χ0v) is 11.1. The Balaban J connectivity index is 2.26. The van der Waals surface area contributed by atoms with E-state index in [0.717, 1.165) is 5.69 Å². The second-order valence-corrected chi connectivity index (χ2v) is 5.39. The number of nitrogens with zero attached hydrogens (tertiary/aromatic N) is 2. The van der Waals surface area contributed by atoms with Crippen LogP contribution in [0.1, 0.15) is 43.7 Å². The van der Waals surface area contributed by atoms with Gasteiger partial charge in [0.1, 0.15) is 5.69 Å². The van der Waals surface area contributed by atoms with E-state index in [9.17, 15) is 0 Å². The third kappa shape index (κ3) is 2.54. The summed E-state index contributed by atoms with van der Waals surface area (Å²) in [7, 11) is 1.66. The molecule has 1 aromatic rings. The SMILES string of the molecule is COc1nccnc1C1CCCCCC1Br. The molecular weight excluding hydrogens is 268 g/mol. The van der Waals surface area contributed by atoms with E-state index in [0.29, 0.717) is 16.6 Å². The lowest BCUT2D eigenvalue weighted by molar-refractivity contribution is 0.381. The number of methoxy groups -OCH3 is 1. The molecule has 2 unspecified atom stereocenters. The van der Waals surface area contributed by atoms with Crippen LogP contribution >= 0.6 is 15.9 Å². The lowest BCUT2D eigenvalue weighted by Gasteiger charge is -2.20. The predicted octanol–water partition coefficient (Wildman–Crippen LogP) is 3.30. The fourth-order valence-corrected chi connectivity index (χ4v) is 3.16. The molecule has 1 fully saturated rings. The van der Waals surface area contributed by atoms with E-state index in [1.165, 1.54) is 32.1 Å². The maximum Gasteiger partial charge on any atom is 0.235 e. The van der Waals surface area contributed by atoms with Crippen LogP contribution in [0.5, 0.6) is 5.88 Å². The van der Waals surface area contributed by atoms with Gasteiger partial charge in [0.2, 0.25) is 5.88 Å². The highest BCUT2D eigenvalue weighted by Gasteiger charge is 2.27. The summed E-state index contributed by atoms with van der Waals surface area (Å²) < 4.78 is 5.29. The predicted molar refractivity (Wildman–Crippen MR) is 67.1 cm³/mol. The normalized spacial score (nSPS) is 26.1. The second kappa shape index (κ2) is 5.62. The van der Waals surface area contributed by atoms with E-state index in [1.807, 2.05) is 0 Å². The third-order valence-electron chi connectivity index (χ3n) is 3.17. The van der Waals surface area contributed by atoms with Gasteiger partial charge < -0.3 is 4.74 Å². The molecule has 2 atom stereocenters.